The highest BCUT2D eigenvalue weighted by atomic mass is 35.5. The molecule has 0 unspecified atom stereocenters. The third-order valence-corrected chi connectivity index (χ3v) is 4.94. The van der Waals surface area contributed by atoms with Gasteiger partial charge in [0.1, 0.15) is 5.75 Å². The fraction of sp³-hybridized carbons (Fsp3) is 0.533. The lowest BCUT2D eigenvalue weighted by molar-refractivity contribution is -0.123. The first-order valence-corrected chi connectivity index (χ1v) is 9.36. The number of carbonyl (C=O) groups is 1. The maximum atomic E-state index is 12.1. The number of benzene rings is 1. The highest BCUT2D eigenvalue weighted by molar-refractivity contribution is 7.89. The first-order valence-electron chi connectivity index (χ1n) is 7.50. The number of methoxy groups -OCH3 is 1. The number of rotatable bonds is 10. The molecule has 0 heterocycles. The van der Waals surface area contributed by atoms with Crippen LogP contribution in [-0.4, -0.2) is 47.2 Å². The van der Waals surface area contributed by atoms with E-state index in [0.717, 1.165) is 6.42 Å². The van der Waals surface area contributed by atoms with Crippen LogP contribution in [-0.2, 0) is 19.6 Å². The third kappa shape index (κ3) is 6.64. The Hall–Kier alpha value is -1.35. The van der Waals surface area contributed by atoms with Gasteiger partial charge in [-0.15, -0.1) is 0 Å². The van der Waals surface area contributed by atoms with Crippen molar-refractivity contribution in [1.29, 1.82) is 0 Å². The maximum Gasteiger partial charge on any atom is 0.258 e. The summed E-state index contributed by atoms with van der Waals surface area (Å²) in [4.78, 5) is 11.7. The highest BCUT2D eigenvalue weighted by Crippen LogP contribution is 2.27. The molecule has 136 valence electrons. The van der Waals surface area contributed by atoms with Gasteiger partial charge in [0.15, 0.2) is 6.61 Å². The van der Waals surface area contributed by atoms with Gasteiger partial charge in [-0.25, -0.2) is 13.1 Å². The molecule has 0 bridgehead atoms. The second-order valence-corrected chi connectivity index (χ2v) is 7.32. The first-order chi connectivity index (χ1) is 11.3. The minimum absolute atomic E-state index is 0.0139. The Morgan fingerprint density at radius 2 is 2.08 bits per heavy atom. The molecule has 0 aromatic heterocycles. The van der Waals surface area contributed by atoms with Gasteiger partial charge in [0, 0.05) is 19.7 Å². The molecule has 0 fully saturated rings. The SMILES string of the molecule is CC[C@@H](C)NC(=O)COc1ccc(S(=O)(=O)NCCOC)cc1Cl. The summed E-state index contributed by atoms with van der Waals surface area (Å²) >= 11 is 6.04. The average molecular weight is 379 g/mol. The normalized spacial score (nSPS) is 12.7. The number of sulfonamides is 1. The molecule has 7 nitrogen and oxygen atoms in total. The zero-order valence-electron chi connectivity index (χ0n) is 14.0. The molecule has 0 saturated carbocycles. The molecule has 0 aliphatic rings. The second-order valence-electron chi connectivity index (χ2n) is 5.15. The van der Waals surface area contributed by atoms with Crippen molar-refractivity contribution < 1.29 is 22.7 Å². The number of halogens is 1. The van der Waals surface area contributed by atoms with Gasteiger partial charge in [0.05, 0.1) is 16.5 Å². The standard InChI is InChI=1S/C15H23ClN2O5S/c1-4-11(2)18-15(19)10-23-14-6-5-12(9-13(14)16)24(20,21)17-7-8-22-3/h5-6,9,11,17H,4,7-8,10H2,1-3H3,(H,18,19)/t11-/m1/s1. The minimum Gasteiger partial charge on any atom is -0.482 e. The number of ether oxygens (including phenoxy) is 2. The van der Waals surface area contributed by atoms with E-state index >= 15 is 0 Å². The lowest BCUT2D eigenvalue weighted by Crippen LogP contribution is -2.35. The Bertz CT molecular complexity index is 651. The predicted octanol–water partition coefficient (Wildman–Crippen LogP) is 1.56. The summed E-state index contributed by atoms with van der Waals surface area (Å²) in [6, 6.07) is 4.12. The smallest absolute Gasteiger partial charge is 0.258 e. The van der Waals surface area contributed by atoms with Crippen LogP contribution in [0, 0.1) is 0 Å². The highest BCUT2D eigenvalue weighted by Gasteiger charge is 2.16. The van der Waals surface area contributed by atoms with Gasteiger partial charge >= 0.3 is 0 Å². The van der Waals surface area contributed by atoms with Crippen molar-refractivity contribution in [1.82, 2.24) is 10.0 Å². The summed E-state index contributed by atoms with van der Waals surface area (Å²) in [7, 11) is -2.19. The molecule has 1 amide bonds. The maximum absolute atomic E-state index is 12.1. The van der Waals surface area contributed by atoms with E-state index in [2.05, 4.69) is 10.0 Å². The molecule has 1 rings (SSSR count). The minimum atomic E-state index is -3.67. The molecule has 0 radical (unpaired) electrons. The van der Waals surface area contributed by atoms with Crippen LogP contribution in [0.4, 0.5) is 0 Å². The summed E-state index contributed by atoms with van der Waals surface area (Å²) < 4.78 is 36.6. The Morgan fingerprint density at radius 3 is 2.67 bits per heavy atom. The van der Waals surface area contributed by atoms with Gasteiger partial charge in [0.2, 0.25) is 10.0 Å². The van der Waals surface area contributed by atoms with E-state index in [-0.39, 0.29) is 47.4 Å². The van der Waals surface area contributed by atoms with Crippen LogP contribution in [0.3, 0.4) is 0 Å². The van der Waals surface area contributed by atoms with Crippen LogP contribution in [0.1, 0.15) is 20.3 Å². The molecular formula is C15H23ClN2O5S. The van der Waals surface area contributed by atoms with E-state index in [1.807, 2.05) is 13.8 Å². The van der Waals surface area contributed by atoms with Crippen molar-refractivity contribution in [2.24, 2.45) is 0 Å². The molecular weight excluding hydrogens is 356 g/mol. The monoisotopic (exact) mass is 378 g/mol. The summed E-state index contributed by atoms with van der Waals surface area (Å²) in [5, 5.41) is 2.87. The van der Waals surface area contributed by atoms with E-state index in [1.165, 1.54) is 25.3 Å². The van der Waals surface area contributed by atoms with Gasteiger partial charge in [-0.3, -0.25) is 4.79 Å². The number of carbonyl (C=O) groups excluding carboxylic acids is 1. The van der Waals surface area contributed by atoms with Crippen molar-refractivity contribution in [2.45, 2.75) is 31.2 Å². The van der Waals surface area contributed by atoms with Crippen molar-refractivity contribution in [2.75, 3.05) is 26.9 Å². The topological polar surface area (TPSA) is 93.7 Å². The molecule has 1 aromatic rings. The molecule has 1 atom stereocenters. The van der Waals surface area contributed by atoms with Gasteiger partial charge in [-0.2, -0.15) is 0 Å². The van der Waals surface area contributed by atoms with Crippen LogP contribution in [0.5, 0.6) is 5.75 Å². The molecule has 0 spiro atoms. The Morgan fingerprint density at radius 1 is 1.38 bits per heavy atom. The lowest BCUT2D eigenvalue weighted by atomic mass is 10.2. The van der Waals surface area contributed by atoms with Crippen LogP contribution in [0.15, 0.2) is 23.1 Å². The number of hydrogen-bond donors (Lipinski definition) is 2. The van der Waals surface area contributed by atoms with Crippen molar-refractivity contribution in [3.05, 3.63) is 23.2 Å². The van der Waals surface area contributed by atoms with E-state index in [9.17, 15) is 13.2 Å². The summed E-state index contributed by atoms with van der Waals surface area (Å²) in [6.07, 6.45) is 0.815. The Balaban J connectivity index is 2.69. The third-order valence-electron chi connectivity index (χ3n) is 3.19. The molecule has 1 aromatic carbocycles. The molecule has 0 aliphatic heterocycles. The summed E-state index contributed by atoms with van der Waals surface area (Å²) in [5.74, 6) is -0.0230. The van der Waals surface area contributed by atoms with Crippen molar-refractivity contribution in [3.63, 3.8) is 0 Å². The van der Waals surface area contributed by atoms with Crippen molar-refractivity contribution >= 4 is 27.5 Å². The fourth-order valence-electron chi connectivity index (χ4n) is 1.69. The second kappa shape index (κ2) is 9.83. The average Bonchev–Trinajstić information content (AvgIpc) is 2.53. The van der Waals surface area contributed by atoms with Gasteiger partial charge in [-0.1, -0.05) is 18.5 Å². The molecule has 24 heavy (non-hydrogen) atoms. The van der Waals surface area contributed by atoms with Crippen LogP contribution in [0.25, 0.3) is 0 Å². The van der Waals surface area contributed by atoms with E-state index in [4.69, 9.17) is 21.1 Å². The van der Waals surface area contributed by atoms with Crippen LogP contribution >= 0.6 is 11.6 Å². The largest absolute Gasteiger partial charge is 0.482 e. The van der Waals surface area contributed by atoms with Crippen LogP contribution < -0.4 is 14.8 Å². The summed E-state index contributed by atoms with van der Waals surface area (Å²) in [5.41, 5.74) is 0. The Kier molecular flexibility index (Phi) is 8.47. The van der Waals surface area contributed by atoms with Gasteiger partial charge in [-0.05, 0) is 31.5 Å². The molecule has 9 heteroatoms. The number of nitrogens with one attached hydrogen (secondary N) is 2. The molecule has 0 saturated heterocycles. The van der Waals surface area contributed by atoms with Gasteiger partial charge in [0.25, 0.3) is 5.91 Å². The summed E-state index contributed by atoms with van der Waals surface area (Å²) in [6.45, 7) is 4.08. The van der Waals surface area contributed by atoms with E-state index in [0.29, 0.717) is 0 Å². The Labute approximate surface area is 147 Å². The first kappa shape index (κ1) is 20.7. The van der Waals surface area contributed by atoms with E-state index < -0.39 is 10.0 Å². The van der Waals surface area contributed by atoms with E-state index in [1.54, 1.807) is 0 Å². The fourth-order valence-corrected chi connectivity index (χ4v) is 3.03. The number of amides is 1. The molecule has 0 aliphatic carbocycles. The number of hydrogen-bond acceptors (Lipinski definition) is 5. The van der Waals surface area contributed by atoms with Crippen molar-refractivity contribution in [3.8, 4) is 5.75 Å². The van der Waals surface area contributed by atoms with Crippen LogP contribution in [0.2, 0.25) is 5.02 Å². The van der Waals surface area contributed by atoms with Gasteiger partial charge < -0.3 is 14.8 Å². The zero-order valence-corrected chi connectivity index (χ0v) is 15.5. The predicted molar refractivity (Wildman–Crippen MR) is 91.9 cm³/mol. The lowest BCUT2D eigenvalue weighted by Gasteiger charge is -2.13. The quantitative estimate of drug-likeness (QED) is 0.602. The zero-order chi connectivity index (χ0) is 18.2. The molecule has 2 N–H and O–H groups in total.